The van der Waals surface area contributed by atoms with Gasteiger partial charge in [-0.15, -0.1) is 0 Å². The van der Waals surface area contributed by atoms with E-state index in [4.69, 9.17) is 11.6 Å². The van der Waals surface area contributed by atoms with Gasteiger partial charge in [0.25, 0.3) is 0 Å². The standard InChI is InChI=1S/C8H7BrClNO/c9-6-4-11-7(10)3-5(6)8(12)1-2-8/h3-4,12H,1-2H2. The lowest BCUT2D eigenvalue weighted by molar-refractivity contribution is 0.150. The average molecular weight is 249 g/mol. The Kier molecular flexibility index (Phi) is 1.90. The molecule has 1 aliphatic rings. The number of halogens is 2. The largest absolute Gasteiger partial charge is 0.385 e. The second kappa shape index (κ2) is 2.69. The van der Waals surface area contributed by atoms with Crippen LogP contribution in [0.4, 0.5) is 0 Å². The fraction of sp³-hybridized carbons (Fsp3) is 0.375. The molecule has 0 aromatic carbocycles. The SMILES string of the molecule is OC1(c2cc(Cl)ncc2Br)CC1. The van der Waals surface area contributed by atoms with E-state index < -0.39 is 5.60 Å². The number of aliphatic hydroxyl groups is 1. The van der Waals surface area contributed by atoms with E-state index in [0.29, 0.717) is 5.15 Å². The highest BCUT2D eigenvalue weighted by Gasteiger charge is 2.43. The molecular formula is C8H7BrClNO. The van der Waals surface area contributed by atoms with Crippen molar-refractivity contribution in [3.8, 4) is 0 Å². The van der Waals surface area contributed by atoms with Crippen LogP contribution in [-0.2, 0) is 5.60 Å². The summed E-state index contributed by atoms with van der Waals surface area (Å²) in [4.78, 5) is 3.89. The quantitative estimate of drug-likeness (QED) is 0.775. The molecule has 0 radical (unpaired) electrons. The van der Waals surface area contributed by atoms with Gasteiger partial charge in [0.15, 0.2) is 0 Å². The first-order valence-electron chi connectivity index (χ1n) is 3.66. The third-order valence-electron chi connectivity index (χ3n) is 2.05. The van der Waals surface area contributed by atoms with E-state index in [1.165, 1.54) is 0 Å². The van der Waals surface area contributed by atoms with E-state index in [-0.39, 0.29) is 0 Å². The molecule has 1 saturated carbocycles. The van der Waals surface area contributed by atoms with E-state index in [0.717, 1.165) is 22.9 Å². The van der Waals surface area contributed by atoms with Crippen LogP contribution < -0.4 is 0 Å². The first kappa shape index (κ1) is 8.48. The number of rotatable bonds is 1. The van der Waals surface area contributed by atoms with Crippen LogP contribution in [0.25, 0.3) is 0 Å². The Morgan fingerprint density at radius 2 is 2.25 bits per heavy atom. The van der Waals surface area contributed by atoms with Crippen molar-refractivity contribution in [1.29, 1.82) is 0 Å². The molecule has 1 aromatic heterocycles. The molecule has 1 N–H and O–H groups in total. The molecule has 1 aromatic rings. The van der Waals surface area contributed by atoms with Gasteiger partial charge in [0.05, 0.1) is 5.60 Å². The molecule has 1 heterocycles. The summed E-state index contributed by atoms with van der Waals surface area (Å²) in [6.07, 6.45) is 3.24. The van der Waals surface area contributed by atoms with Gasteiger partial charge in [0.1, 0.15) is 5.15 Å². The fourth-order valence-electron chi connectivity index (χ4n) is 1.16. The Balaban J connectivity index is 2.48. The van der Waals surface area contributed by atoms with E-state index in [9.17, 15) is 5.11 Å². The molecule has 0 aliphatic heterocycles. The van der Waals surface area contributed by atoms with Crippen molar-refractivity contribution < 1.29 is 5.11 Å². The monoisotopic (exact) mass is 247 g/mol. The van der Waals surface area contributed by atoms with Crippen LogP contribution in [0.5, 0.6) is 0 Å². The number of aromatic nitrogens is 1. The highest BCUT2D eigenvalue weighted by atomic mass is 79.9. The summed E-state index contributed by atoms with van der Waals surface area (Å²) >= 11 is 9.03. The van der Waals surface area contributed by atoms with Crippen molar-refractivity contribution >= 4 is 27.5 Å². The van der Waals surface area contributed by atoms with Gasteiger partial charge in [-0.3, -0.25) is 0 Å². The van der Waals surface area contributed by atoms with Crippen molar-refractivity contribution in [3.63, 3.8) is 0 Å². The van der Waals surface area contributed by atoms with Gasteiger partial charge in [-0.25, -0.2) is 4.98 Å². The fourth-order valence-corrected chi connectivity index (χ4v) is 1.90. The lowest BCUT2D eigenvalue weighted by atomic mass is 10.1. The Morgan fingerprint density at radius 3 is 2.83 bits per heavy atom. The molecule has 64 valence electrons. The topological polar surface area (TPSA) is 33.1 Å². The summed E-state index contributed by atoms with van der Waals surface area (Å²) in [5, 5.41) is 10.2. The van der Waals surface area contributed by atoms with Crippen LogP contribution in [0.3, 0.4) is 0 Å². The van der Waals surface area contributed by atoms with Crippen LogP contribution in [-0.4, -0.2) is 10.1 Å². The second-order valence-corrected chi connectivity index (χ2v) is 4.26. The van der Waals surface area contributed by atoms with Crippen LogP contribution in [0.15, 0.2) is 16.7 Å². The van der Waals surface area contributed by atoms with E-state index >= 15 is 0 Å². The van der Waals surface area contributed by atoms with Gasteiger partial charge in [-0.2, -0.15) is 0 Å². The molecule has 2 rings (SSSR count). The molecule has 0 atom stereocenters. The molecule has 0 unspecified atom stereocenters. The Hall–Kier alpha value is -0.120. The van der Waals surface area contributed by atoms with Gasteiger partial charge in [-0.05, 0) is 34.8 Å². The molecule has 12 heavy (non-hydrogen) atoms. The number of hydrogen-bond donors (Lipinski definition) is 1. The van der Waals surface area contributed by atoms with Crippen LogP contribution >= 0.6 is 27.5 Å². The summed E-state index contributed by atoms with van der Waals surface area (Å²) < 4.78 is 0.826. The molecule has 1 aliphatic carbocycles. The maximum Gasteiger partial charge on any atom is 0.129 e. The smallest absolute Gasteiger partial charge is 0.129 e. The first-order valence-corrected chi connectivity index (χ1v) is 4.83. The Bertz CT molecular complexity index is 325. The minimum atomic E-state index is -0.647. The summed E-state index contributed by atoms with van der Waals surface area (Å²) in [6, 6.07) is 1.71. The predicted octanol–water partition coefficient (Wildman–Crippen LogP) is 2.48. The summed E-state index contributed by atoms with van der Waals surface area (Å²) in [6.45, 7) is 0. The number of pyridine rings is 1. The molecule has 4 heteroatoms. The van der Waals surface area contributed by atoms with Crippen molar-refractivity contribution in [2.24, 2.45) is 0 Å². The predicted molar refractivity (Wildman–Crippen MR) is 50.1 cm³/mol. The van der Waals surface area contributed by atoms with Gasteiger partial charge in [0, 0.05) is 16.2 Å². The molecule has 0 amide bonds. The maximum atomic E-state index is 9.79. The van der Waals surface area contributed by atoms with Crippen molar-refractivity contribution in [2.45, 2.75) is 18.4 Å². The summed E-state index contributed by atoms with van der Waals surface area (Å²) in [7, 11) is 0. The molecular weight excluding hydrogens is 241 g/mol. The van der Waals surface area contributed by atoms with Gasteiger partial charge < -0.3 is 5.11 Å². The highest BCUT2D eigenvalue weighted by Crippen LogP contribution is 2.48. The van der Waals surface area contributed by atoms with Crippen molar-refractivity contribution in [3.05, 3.63) is 27.5 Å². The van der Waals surface area contributed by atoms with Gasteiger partial charge in [-0.1, -0.05) is 11.6 Å². The Labute approximate surface area is 83.7 Å². The number of nitrogens with zero attached hydrogens (tertiary/aromatic N) is 1. The lowest BCUT2D eigenvalue weighted by Gasteiger charge is -2.09. The zero-order valence-corrected chi connectivity index (χ0v) is 8.56. The lowest BCUT2D eigenvalue weighted by Crippen LogP contribution is -2.05. The Morgan fingerprint density at radius 1 is 1.58 bits per heavy atom. The van der Waals surface area contributed by atoms with E-state index in [2.05, 4.69) is 20.9 Å². The average Bonchev–Trinajstić information content (AvgIpc) is 2.75. The maximum absolute atomic E-state index is 9.79. The zero-order valence-electron chi connectivity index (χ0n) is 6.22. The molecule has 0 spiro atoms. The minimum Gasteiger partial charge on any atom is -0.385 e. The van der Waals surface area contributed by atoms with E-state index in [1.54, 1.807) is 12.3 Å². The van der Waals surface area contributed by atoms with Crippen molar-refractivity contribution in [1.82, 2.24) is 4.98 Å². The van der Waals surface area contributed by atoms with Crippen molar-refractivity contribution in [2.75, 3.05) is 0 Å². The minimum absolute atomic E-state index is 0.425. The van der Waals surface area contributed by atoms with Gasteiger partial charge >= 0.3 is 0 Å². The highest BCUT2D eigenvalue weighted by molar-refractivity contribution is 9.10. The molecule has 0 saturated heterocycles. The summed E-state index contributed by atoms with van der Waals surface area (Å²) in [5.41, 5.74) is 0.202. The molecule has 1 fully saturated rings. The van der Waals surface area contributed by atoms with E-state index in [1.807, 2.05) is 0 Å². The third-order valence-corrected chi connectivity index (χ3v) is 2.89. The van der Waals surface area contributed by atoms with Crippen LogP contribution in [0.2, 0.25) is 5.15 Å². The number of hydrogen-bond acceptors (Lipinski definition) is 2. The molecule has 0 bridgehead atoms. The van der Waals surface area contributed by atoms with Crippen LogP contribution in [0, 0.1) is 0 Å². The normalized spacial score (nSPS) is 19.2. The molecule has 2 nitrogen and oxygen atoms in total. The van der Waals surface area contributed by atoms with Crippen LogP contribution in [0.1, 0.15) is 18.4 Å². The van der Waals surface area contributed by atoms with Gasteiger partial charge in [0.2, 0.25) is 0 Å². The third kappa shape index (κ3) is 1.37. The summed E-state index contributed by atoms with van der Waals surface area (Å²) in [5.74, 6) is 0. The first-order chi connectivity index (χ1) is 5.62. The second-order valence-electron chi connectivity index (χ2n) is 3.02. The zero-order chi connectivity index (χ0) is 8.77.